The van der Waals surface area contributed by atoms with Crippen molar-refractivity contribution in [1.29, 1.82) is 0 Å². The molecule has 0 aliphatic heterocycles. The highest BCUT2D eigenvalue weighted by Crippen LogP contribution is 2.26. The molecular formula is C11H23NO. The van der Waals surface area contributed by atoms with Gasteiger partial charge in [0.05, 0.1) is 6.10 Å². The van der Waals surface area contributed by atoms with Crippen LogP contribution in [0.1, 0.15) is 45.4 Å². The normalized spacial score (nSPS) is 25.2. The molecule has 0 aromatic rings. The fourth-order valence-corrected chi connectivity index (χ4v) is 2.23. The van der Waals surface area contributed by atoms with Crippen LogP contribution in [0.5, 0.6) is 0 Å². The molecule has 0 aromatic heterocycles. The maximum atomic E-state index is 10.0. The maximum Gasteiger partial charge on any atom is 0.0718 e. The highest BCUT2D eigenvalue weighted by Gasteiger charge is 2.24. The van der Waals surface area contributed by atoms with Gasteiger partial charge in [-0.25, -0.2) is 0 Å². The van der Waals surface area contributed by atoms with Crippen LogP contribution in [0.15, 0.2) is 0 Å². The van der Waals surface area contributed by atoms with Gasteiger partial charge in [0.1, 0.15) is 0 Å². The van der Waals surface area contributed by atoms with Gasteiger partial charge in [-0.15, -0.1) is 0 Å². The van der Waals surface area contributed by atoms with Crippen LogP contribution in [-0.4, -0.2) is 24.3 Å². The van der Waals surface area contributed by atoms with Crippen LogP contribution in [0.4, 0.5) is 0 Å². The summed E-state index contributed by atoms with van der Waals surface area (Å²) in [7, 11) is 1.92. The van der Waals surface area contributed by atoms with E-state index in [9.17, 15) is 5.11 Å². The zero-order valence-corrected chi connectivity index (χ0v) is 8.92. The van der Waals surface area contributed by atoms with Crippen LogP contribution in [0.25, 0.3) is 0 Å². The van der Waals surface area contributed by atoms with E-state index in [0.717, 1.165) is 0 Å². The van der Waals surface area contributed by atoms with Gasteiger partial charge < -0.3 is 10.4 Å². The van der Waals surface area contributed by atoms with E-state index in [2.05, 4.69) is 12.2 Å². The van der Waals surface area contributed by atoms with Crippen LogP contribution in [-0.2, 0) is 0 Å². The Morgan fingerprint density at radius 2 is 1.69 bits per heavy atom. The van der Waals surface area contributed by atoms with Gasteiger partial charge in [0.2, 0.25) is 0 Å². The molecule has 1 fully saturated rings. The van der Waals surface area contributed by atoms with E-state index < -0.39 is 0 Å². The molecule has 1 rings (SSSR count). The molecule has 1 saturated carbocycles. The smallest absolute Gasteiger partial charge is 0.0718 e. The van der Waals surface area contributed by atoms with E-state index in [1.807, 2.05) is 7.05 Å². The average Bonchev–Trinajstić information content (AvgIpc) is 2.43. The molecule has 2 atom stereocenters. The molecule has 0 spiro atoms. The van der Waals surface area contributed by atoms with Crippen molar-refractivity contribution >= 4 is 0 Å². The lowest BCUT2D eigenvalue weighted by molar-refractivity contribution is 0.0693. The van der Waals surface area contributed by atoms with Gasteiger partial charge in [-0.3, -0.25) is 0 Å². The fraction of sp³-hybridized carbons (Fsp3) is 1.00. The van der Waals surface area contributed by atoms with Gasteiger partial charge in [-0.05, 0) is 32.7 Å². The van der Waals surface area contributed by atoms with E-state index in [4.69, 9.17) is 0 Å². The third-order valence-corrected chi connectivity index (χ3v) is 3.35. The van der Waals surface area contributed by atoms with Crippen molar-refractivity contribution in [3.05, 3.63) is 0 Å². The lowest BCUT2D eigenvalue weighted by Crippen LogP contribution is -2.39. The molecule has 13 heavy (non-hydrogen) atoms. The highest BCUT2D eigenvalue weighted by molar-refractivity contribution is 4.78. The van der Waals surface area contributed by atoms with Crippen LogP contribution in [0, 0.1) is 5.92 Å². The second-order valence-corrected chi connectivity index (χ2v) is 4.32. The number of hydrogen-bond acceptors (Lipinski definition) is 2. The first-order valence-corrected chi connectivity index (χ1v) is 5.61. The Morgan fingerprint density at radius 3 is 2.15 bits per heavy atom. The van der Waals surface area contributed by atoms with Crippen molar-refractivity contribution < 1.29 is 5.11 Å². The van der Waals surface area contributed by atoms with Gasteiger partial charge in [0.25, 0.3) is 0 Å². The number of hydrogen-bond donors (Lipinski definition) is 2. The fourth-order valence-electron chi connectivity index (χ4n) is 2.23. The lowest BCUT2D eigenvalue weighted by atomic mass is 9.90. The first-order chi connectivity index (χ1) is 6.25. The third kappa shape index (κ3) is 3.28. The number of nitrogens with one attached hydrogen (secondary N) is 1. The summed E-state index contributed by atoms with van der Waals surface area (Å²) in [6, 6.07) is 0.239. The summed E-state index contributed by atoms with van der Waals surface area (Å²) in [6.45, 7) is 2.07. The van der Waals surface area contributed by atoms with Crippen LogP contribution in [0.2, 0.25) is 0 Å². The first-order valence-electron chi connectivity index (χ1n) is 5.61. The Hall–Kier alpha value is -0.0800. The second-order valence-electron chi connectivity index (χ2n) is 4.32. The van der Waals surface area contributed by atoms with E-state index in [1.165, 1.54) is 38.5 Å². The number of aliphatic hydroxyl groups is 1. The monoisotopic (exact) mass is 185 g/mol. The van der Waals surface area contributed by atoms with Crippen molar-refractivity contribution in [2.24, 2.45) is 5.92 Å². The quantitative estimate of drug-likeness (QED) is 0.658. The van der Waals surface area contributed by atoms with Crippen LogP contribution in [0.3, 0.4) is 0 Å². The Bertz CT molecular complexity index is 130. The SMILES string of the molecule is CN[C@@H](C)C(O)C1CCCCCC1. The van der Waals surface area contributed by atoms with Crippen molar-refractivity contribution in [3.8, 4) is 0 Å². The Balaban J connectivity index is 2.38. The minimum Gasteiger partial charge on any atom is -0.391 e. The number of aliphatic hydroxyl groups excluding tert-OH is 1. The summed E-state index contributed by atoms with van der Waals surface area (Å²) in [5.74, 6) is 0.532. The molecule has 1 aliphatic rings. The highest BCUT2D eigenvalue weighted by atomic mass is 16.3. The number of likely N-dealkylation sites (N-methyl/N-ethyl adjacent to an activating group) is 1. The third-order valence-electron chi connectivity index (χ3n) is 3.35. The molecule has 78 valence electrons. The molecule has 0 heterocycles. The summed E-state index contributed by atoms with van der Waals surface area (Å²) in [4.78, 5) is 0. The van der Waals surface area contributed by atoms with Gasteiger partial charge in [0, 0.05) is 6.04 Å². The molecule has 0 amide bonds. The molecule has 0 radical (unpaired) electrons. The first kappa shape index (κ1) is 11.0. The largest absolute Gasteiger partial charge is 0.391 e. The van der Waals surface area contributed by atoms with E-state index in [1.54, 1.807) is 0 Å². The maximum absolute atomic E-state index is 10.0. The molecular weight excluding hydrogens is 162 g/mol. The molecule has 2 heteroatoms. The van der Waals surface area contributed by atoms with Gasteiger partial charge in [-0.2, -0.15) is 0 Å². The summed E-state index contributed by atoms with van der Waals surface area (Å²) in [5.41, 5.74) is 0. The van der Waals surface area contributed by atoms with Crippen LogP contribution < -0.4 is 5.32 Å². The van der Waals surface area contributed by atoms with Crippen LogP contribution >= 0.6 is 0 Å². The van der Waals surface area contributed by atoms with E-state index >= 15 is 0 Å². The topological polar surface area (TPSA) is 32.3 Å². The standard InChI is InChI=1S/C11H23NO/c1-9(12-2)11(13)10-7-5-3-4-6-8-10/h9-13H,3-8H2,1-2H3/t9-,11?/m0/s1. The summed E-state index contributed by atoms with van der Waals surface area (Å²) >= 11 is 0. The summed E-state index contributed by atoms with van der Waals surface area (Å²) in [6.07, 6.45) is 7.61. The van der Waals surface area contributed by atoms with Crippen molar-refractivity contribution in [2.75, 3.05) is 7.05 Å². The lowest BCUT2D eigenvalue weighted by Gasteiger charge is -2.26. The van der Waals surface area contributed by atoms with Gasteiger partial charge in [0.15, 0.2) is 0 Å². The van der Waals surface area contributed by atoms with Crippen molar-refractivity contribution in [3.63, 3.8) is 0 Å². The number of rotatable bonds is 3. The van der Waals surface area contributed by atoms with E-state index in [-0.39, 0.29) is 12.1 Å². The Labute approximate surface area is 81.7 Å². The van der Waals surface area contributed by atoms with Gasteiger partial charge in [-0.1, -0.05) is 25.7 Å². The van der Waals surface area contributed by atoms with Gasteiger partial charge >= 0.3 is 0 Å². The van der Waals surface area contributed by atoms with Crippen molar-refractivity contribution in [2.45, 2.75) is 57.6 Å². The minimum atomic E-state index is -0.150. The molecule has 1 unspecified atom stereocenters. The average molecular weight is 185 g/mol. The van der Waals surface area contributed by atoms with E-state index in [0.29, 0.717) is 5.92 Å². The molecule has 0 aromatic carbocycles. The molecule has 2 nitrogen and oxygen atoms in total. The molecule has 0 bridgehead atoms. The Kier molecular flexibility index (Phi) is 4.74. The summed E-state index contributed by atoms with van der Waals surface area (Å²) < 4.78 is 0. The predicted molar refractivity (Wildman–Crippen MR) is 55.7 cm³/mol. The second kappa shape index (κ2) is 5.61. The molecule has 2 N–H and O–H groups in total. The minimum absolute atomic E-state index is 0.150. The predicted octanol–water partition coefficient (Wildman–Crippen LogP) is 1.93. The summed E-state index contributed by atoms with van der Waals surface area (Å²) in [5, 5.41) is 13.1. The zero-order valence-electron chi connectivity index (χ0n) is 8.92. The molecule has 0 saturated heterocycles. The zero-order chi connectivity index (χ0) is 9.68. The van der Waals surface area contributed by atoms with Crippen molar-refractivity contribution in [1.82, 2.24) is 5.32 Å². The Morgan fingerprint density at radius 1 is 1.15 bits per heavy atom. The molecule has 1 aliphatic carbocycles.